The standard InChI is InChI=1S/C25H21BBrF2NO5/c1-30(2)19-9-4-16(5-10-19)6-11-20-15-23(35-26(28)29)24(25(32)34-20)21(31)12-7-17-14-18(27)8-13-22(17)33-3/h4-15H,1-3H3/b11-6+,12-7+. The van der Waals surface area contributed by atoms with Crippen molar-refractivity contribution in [3.05, 3.63) is 92.0 Å². The van der Waals surface area contributed by atoms with Gasteiger partial charge in [-0.2, -0.15) is 0 Å². The van der Waals surface area contributed by atoms with Gasteiger partial charge in [0.25, 0.3) is 0 Å². The van der Waals surface area contributed by atoms with Crippen LogP contribution in [0.15, 0.2) is 68.3 Å². The normalized spacial score (nSPS) is 11.1. The molecule has 0 radical (unpaired) electrons. The van der Waals surface area contributed by atoms with E-state index in [1.165, 1.54) is 19.3 Å². The number of ketones is 1. The molecule has 0 bridgehead atoms. The van der Waals surface area contributed by atoms with Gasteiger partial charge < -0.3 is 18.7 Å². The first-order chi connectivity index (χ1) is 16.7. The van der Waals surface area contributed by atoms with E-state index in [0.717, 1.165) is 27.9 Å². The van der Waals surface area contributed by atoms with E-state index in [1.54, 1.807) is 24.3 Å². The van der Waals surface area contributed by atoms with E-state index < -0.39 is 30.2 Å². The lowest BCUT2D eigenvalue weighted by molar-refractivity contribution is 0.104. The molecule has 0 unspecified atom stereocenters. The molecule has 6 nitrogen and oxygen atoms in total. The van der Waals surface area contributed by atoms with E-state index in [1.807, 2.05) is 43.3 Å². The summed E-state index contributed by atoms with van der Waals surface area (Å²) in [7, 11) is 2.05. The van der Waals surface area contributed by atoms with Crippen LogP contribution < -0.4 is 19.9 Å². The number of anilines is 1. The highest BCUT2D eigenvalue weighted by Crippen LogP contribution is 2.26. The second-order valence-electron chi connectivity index (χ2n) is 7.46. The quantitative estimate of drug-likeness (QED) is 0.192. The predicted octanol–water partition coefficient (Wildman–Crippen LogP) is 5.85. The molecule has 0 fully saturated rings. The van der Waals surface area contributed by atoms with Crippen molar-refractivity contribution in [2.24, 2.45) is 0 Å². The topological polar surface area (TPSA) is 69.0 Å². The molecule has 180 valence electrons. The lowest BCUT2D eigenvalue weighted by atomic mass is 10.1. The highest BCUT2D eigenvalue weighted by Gasteiger charge is 2.25. The number of benzene rings is 2. The van der Waals surface area contributed by atoms with E-state index in [2.05, 4.69) is 20.6 Å². The minimum atomic E-state index is -3.24. The Labute approximate surface area is 209 Å². The predicted molar refractivity (Wildman–Crippen MR) is 137 cm³/mol. The molecule has 0 aliphatic rings. The molecule has 3 aromatic rings. The van der Waals surface area contributed by atoms with E-state index in [-0.39, 0.29) is 5.76 Å². The van der Waals surface area contributed by atoms with Gasteiger partial charge in [0.05, 0.1) is 7.11 Å². The Morgan fingerprint density at radius 3 is 2.37 bits per heavy atom. The average Bonchev–Trinajstić information content (AvgIpc) is 2.81. The van der Waals surface area contributed by atoms with Gasteiger partial charge in [0, 0.05) is 35.9 Å². The Morgan fingerprint density at radius 2 is 1.74 bits per heavy atom. The van der Waals surface area contributed by atoms with Crippen molar-refractivity contribution in [3.8, 4) is 11.5 Å². The molecule has 0 spiro atoms. The fraction of sp³-hybridized carbons (Fsp3) is 0.120. The summed E-state index contributed by atoms with van der Waals surface area (Å²) in [6.07, 6.45) is 5.55. The van der Waals surface area contributed by atoms with Crippen LogP contribution in [0.5, 0.6) is 11.5 Å². The summed E-state index contributed by atoms with van der Waals surface area (Å²) in [4.78, 5) is 27.3. The Hall–Kier alpha value is -3.66. The third-order valence-corrected chi connectivity index (χ3v) is 5.35. The molecule has 0 atom stereocenters. The van der Waals surface area contributed by atoms with Crippen LogP contribution in [-0.2, 0) is 0 Å². The fourth-order valence-electron chi connectivity index (χ4n) is 3.13. The molecule has 0 saturated carbocycles. The maximum absolute atomic E-state index is 13.0. The largest absolute Gasteiger partial charge is 0.796 e. The van der Waals surface area contributed by atoms with Crippen molar-refractivity contribution in [2.45, 2.75) is 0 Å². The van der Waals surface area contributed by atoms with E-state index in [0.29, 0.717) is 11.3 Å². The Bertz CT molecular complexity index is 1320. The van der Waals surface area contributed by atoms with Crippen molar-refractivity contribution in [2.75, 3.05) is 26.1 Å². The number of halogens is 3. The maximum Gasteiger partial charge on any atom is 0.796 e. The SMILES string of the molecule is COc1ccc(Br)cc1/C=C/C(=O)c1c(OB(F)F)cc(/C=C/c2ccc(N(C)C)cc2)oc1=O. The zero-order chi connectivity index (χ0) is 25.5. The molecule has 0 amide bonds. The molecule has 0 aliphatic carbocycles. The van der Waals surface area contributed by atoms with Crippen LogP contribution in [0.3, 0.4) is 0 Å². The van der Waals surface area contributed by atoms with Gasteiger partial charge in [-0.15, -0.1) is 0 Å². The first kappa shape index (κ1) is 26.0. The molecule has 1 heterocycles. The second-order valence-corrected chi connectivity index (χ2v) is 8.37. The molecule has 0 saturated heterocycles. The van der Waals surface area contributed by atoms with Crippen LogP contribution >= 0.6 is 15.9 Å². The van der Waals surface area contributed by atoms with E-state index >= 15 is 0 Å². The summed E-state index contributed by atoms with van der Waals surface area (Å²) in [5.74, 6) is -0.995. The lowest BCUT2D eigenvalue weighted by Gasteiger charge is -2.11. The van der Waals surface area contributed by atoms with Gasteiger partial charge in [0.2, 0.25) is 0 Å². The molecular weight excluding hydrogens is 523 g/mol. The Balaban J connectivity index is 1.93. The number of hydrogen-bond donors (Lipinski definition) is 0. The van der Waals surface area contributed by atoms with Crippen LogP contribution in [0.25, 0.3) is 18.2 Å². The highest BCUT2D eigenvalue weighted by molar-refractivity contribution is 9.10. The van der Waals surface area contributed by atoms with Gasteiger partial charge in [-0.05, 0) is 54.1 Å². The Kier molecular flexibility index (Phi) is 8.65. The van der Waals surface area contributed by atoms with Crippen molar-refractivity contribution in [1.82, 2.24) is 0 Å². The van der Waals surface area contributed by atoms with E-state index in [4.69, 9.17) is 9.15 Å². The van der Waals surface area contributed by atoms with Gasteiger partial charge >= 0.3 is 13.1 Å². The summed E-state index contributed by atoms with van der Waals surface area (Å²) < 4.78 is 41.7. The molecule has 1 aromatic heterocycles. The van der Waals surface area contributed by atoms with Crippen LogP contribution in [0.2, 0.25) is 0 Å². The third-order valence-electron chi connectivity index (χ3n) is 4.85. The van der Waals surface area contributed by atoms with E-state index in [9.17, 15) is 18.2 Å². The third kappa shape index (κ3) is 6.92. The zero-order valence-electron chi connectivity index (χ0n) is 19.1. The van der Waals surface area contributed by atoms with Crippen LogP contribution in [0.4, 0.5) is 14.3 Å². The molecule has 3 rings (SSSR count). The van der Waals surface area contributed by atoms with Gasteiger partial charge in [-0.25, -0.2) is 13.4 Å². The molecular formula is C25H21BBrF2NO5. The smallest absolute Gasteiger partial charge is 0.504 e. The lowest BCUT2D eigenvalue weighted by Crippen LogP contribution is -2.19. The summed E-state index contributed by atoms with van der Waals surface area (Å²) >= 11 is 3.33. The number of nitrogens with zero attached hydrogens (tertiary/aromatic N) is 1. The molecule has 0 aliphatic heterocycles. The number of hydrogen-bond acceptors (Lipinski definition) is 6. The van der Waals surface area contributed by atoms with Crippen molar-refractivity contribution in [3.63, 3.8) is 0 Å². The number of methoxy groups -OCH3 is 1. The van der Waals surface area contributed by atoms with Crippen LogP contribution in [-0.4, -0.2) is 34.5 Å². The fourth-order valence-corrected chi connectivity index (χ4v) is 3.51. The average molecular weight is 544 g/mol. The molecule has 35 heavy (non-hydrogen) atoms. The minimum Gasteiger partial charge on any atom is -0.504 e. The number of carbonyl (C=O) groups is 1. The highest BCUT2D eigenvalue weighted by atomic mass is 79.9. The van der Waals surface area contributed by atoms with Crippen molar-refractivity contribution in [1.29, 1.82) is 0 Å². The molecule has 10 heteroatoms. The summed E-state index contributed by atoms with van der Waals surface area (Å²) in [6, 6.07) is 13.7. The minimum absolute atomic E-state index is 0.0449. The number of carbonyl (C=O) groups excluding carboxylic acids is 1. The number of ether oxygens (including phenoxy) is 1. The van der Waals surface area contributed by atoms with Crippen LogP contribution in [0.1, 0.15) is 27.2 Å². The summed E-state index contributed by atoms with van der Waals surface area (Å²) in [5, 5.41) is 0. The number of allylic oxidation sites excluding steroid dienone is 1. The van der Waals surface area contributed by atoms with Gasteiger partial charge in [-0.3, -0.25) is 4.79 Å². The van der Waals surface area contributed by atoms with Crippen LogP contribution in [0, 0.1) is 0 Å². The van der Waals surface area contributed by atoms with Crippen molar-refractivity contribution >= 4 is 53.1 Å². The first-order valence-corrected chi connectivity index (χ1v) is 11.1. The van der Waals surface area contributed by atoms with Gasteiger partial charge in [-0.1, -0.05) is 34.1 Å². The maximum atomic E-state index is 13.0. The number of rotatable bonds is 9. The zero-order valence-corrected chi connectivity index (χ0v) is 20.7. The summed E-state index contributed by atoms with van der Waals surface area (Å²) in [6.45, 7) is 0. The Morgan fingerprint density at radius 1 is 1.03 bits per heavy atom. The van der Waals surface area contributed by atoms with Crippen molar-refractivity contribution < 1.29 is 27.2 Å². The molecule has 2 aromatic carbocycles. The van der Waals surface area contributed by atoms with Gasteiger partial charge in [0.15, 0.2) is 5.78 Å². The monoisotopic (exact) mass is 543 g/mol. The second kappa shape index (κ2) is 11.7. The summed E-state index contributed by atoms with van der Waals surface area (Å²) in [5.41, 5.74) is 0.596. The molecule has 0 N–H and O–H groups in total. The van der Waals surface area contributed by atoms with Gasteiger partial charge in [0.1, 0.15) is 22.8 Å². The first-order valence-electron chi connectivity index (χ1n) is 10.3.